The Labute approximate surface area is 278 Å². The topological polar surface area (TPSA) is 46.8 Å². The third-order valence-electron chi connectivity index (χ3n) is 8.96. The summed E-state index contributed by atoms with van der Waals surface area (Å²) in [7, 11) is 0. The molecule has 2 heterocycles. The minimum absolute atomic E-state index is 0.0193. The molecule has 46 heavy (non-hydrogen) atoms. The average Bonchev–Trinajstić information content (AvgIpc) is 3.44. The molecular weight excluding hydrogens is 566 g/mol. The predicted molar refractivity (Wildman–Crippen MR) is 193 cm³/mol. The van der Waals surface area contributed by atoms with Gasteiger partial charge in [-0.25, -0.2) is 4.98 Å². The second-order valence-corrected chi connectivity index (χ2v) is 13.9. The van der Waals surface area contributed by atoms with Crippen molar-refractivity contribution in [2.45, 2.75) is 130 Å². The van der Waals surface area contributed by atoms with Gasteiger partial charge >= 0.3 is 0 Å². The Balaban J connectivity index is 1.30. The molecule has 0 aliphatic rings. The van der Waals surface area contributed by atoms with Gasteiger partial charge in [0.05, 0.1) is 24.9 Å². The number of rotatable bonds is 19. The van der Waals surface area contributed by atoms with E-state index in [1.807, 2.05) is 41.6 Å². The fourth-order valence-electron chi connectivity index (χ4n) is 6.20. The largest absolute Gasteiger partial charge is 0.493 e. The van der Waals surface area contributed by atoms with Crippen LogP contribution in [0.5, 0.6) is 5.75 Å². The summed E-state index contributed by atoms with van der Waals surface area (Å²) in [5, 5.41) is 0. The number of carbonyl (C=O) groups excluding carboxylic acids is 1. The Morgan fingerprint density at radius 3 is 2.07 bits per heavy atom. The standard InChI is InChI=1S/C41H57N3O2/c1-6-7-8-9-10-11-12-13-14-15-16-19-28-46-39-29-35(23-26-38(39)41(3,4)5)32-44(33(2)45)36-24-21-34(22-25-36)30-40-42-31-37-20-17-18-27-43(37)40/h17-18,20-27,29,31H,6-16,19,28,30,32H2,1-5H3. The van der Waals surface area contributed by atoms with Gasteiger partial charge in [-0.3, -0.25) is 4.79 Å². The number of unbranched alkanes of at least 4 members (excludes halogenated alkanes) is 11. The zero-order chi connectivity index (χ0) is 32.8. The number of amides is 1. The quantitative estimate of drug-likeness (QED) is 0.0976. The van der Waals surface area contributed by atoms with Gasteiger partial charge in [-0.2, -0.15) is 0 Å². The highest BCUT2D eigenvalue weighted by molar-refractivity contribution is 5.91. The van der Waals surface area contributed by atoms with E-state index in [-0.39, 0.29) is 11.3 Å². The predicted octanol–water partition coefficient (Wildman–Crippen LogP) is 10.9. The molecule has 4 aromatic rings. The van der Waals surface area contributed by atoms with Crippen LogP contribution in [0.1, 0.15) is 134 Å². The Kier molecular flexibility index (Phi) is 13.7. The lowest BCUT2D eigenvalue weighted by Gasteiger charge is -2.26. The van der Waals surface area contributed by atoms with Crippen LogP contribution in [0.4, 0.5) is 5.69 Å². The molecule has 0 atom stereocenters. The summed E-state index contributed by atoms with van der Waals surface area (Å²) in [6, 6.07) is 20.9. The molecule has 5 nitrogen and oxygen atoms in total. The number of pyridine rings is 1. The van der Waals surface area contributed by atoms with Gasteiger partial charge in [-0.15, -0.1) is 0 Å². The number of aromatic nitrogens is 2. The highest BCUT2D eigenvalue weighted by Crippen LogP contribution is 2.33. The molecule has 5 heteroatoms. The summed E-state index contributed by atoms with van der Waals surface area (Å²) in [5.74, 6) is 1.96. The van der Waals surface area contributed by atoms with Gasteiger partial charge in [-0.1, -0.05) is 129 Å². The van der Waals surface area contributed by atoms with E-state index in [4.69, 9.17) is 4.74 Å². The molecule has 0 aliphatic carbocycles. The van der Waals surface area contributed by atoms with Gasteiger partial charge in [0.25, 0.3) is 0 Å². The van der Waals surface area contributed by atoms with E-state index in [9.17, 15) is 4.79 Å². The number of hydrogen-bond acceptors (Lipinski definition) is 3. The molecule has 2 aromatic heterocycles. The number of nitrogens with zero attached hydrogens (tertiary/aromatic N) is 3. The van der Waals surface area contributed by atoms with E-state index in [0.29, 0.717) is 6.54 Å². The number of imidazole rings is 1. The van der Waals surface area contributed by atoms with Gasteiger partial charge in [0.1, 0.15) is 11.6 Å². The zero-order valence-electron chi connectivity index (χ0n) is 29.2. The normalized spacial score (nSPS) is 11.7. The lowest BCUT2D eigenvalue weighted by molar-refractivity contribution is -0.116. The Morgan fingerprint density at radius 2 is 1.43 bits per heavy atom. The molecule has 0 bridgehead atoms. The van der Waals surface area contributed by atoms with Gasteiger partial charge in [0.15, 0.2) is 0 Å². The number of fused-ring (bicyclic) bond motifs is 1. The monoisotopic (exact) mass is 623 g/mol. The van der Waals surface area contributed by atoms with Gasteiger partial charge in [-0.05, 0) is 58.9 Å². The third kappa shape index (κ3) is 10.7. The molecule has 2 aromatic carbocycles. The number of hydrogen-bond donors (Lipinski definition) is 0. The highest BCUT2D eigenvalue weighted by atomic mass is 16.5. The average molecular weight is 624 g/mol. The number of anilines is 1. The van der Waals surface area contributed by atoms with Crippen LogP contribution < -0.4 is 9.64 Å². The van der Waals surface area contributed by atoms with E-state index >= 15 is 0 Å². The van der Waals surface area contributed by atoms with E-state index in [2.05, 4.69) is 73.5 Å². The number of benzene rings is 2. The van der Waals surface area contributed by atoms with E-state index in [0.717, 1.165) is 53.4 Å². The summed E-state index contributed by atoms with van der Waals surface area (Å²) < 4.78 is 8.55. The molecule has 0 spiro atoms. The minimum atomic E-state index is -0.0271. The van der Waals surface area contributed by atoms with Crippen molar-refractivity contribution in [2.24, 2.45) is 0 Å². The zero-order valence-corrected chi connectivity index (χ0v) is 29.2. The smallest absolute Gasteiger partial charge is 0.224 e. The third-order valence-corrected chi connectivity index (χ3v) is 8.96. The Hall–Kier alpha value is -3.60. The SMILES string of the molecule is CCCCCCCCCCCCCCOc1cc(CN(C(C)=O)c2ccc(Cc3ncc4ccccn34)cc2)ccc1C(C)(C)C. The van der Waals surface area contributed by atoms with E-state index < -0.39 is 0 Å². The van der Waals surface area contributed by atoms with Crippen LogP contribution >= 0.6 is 0 Å². The summed E-state index contributed by atoms with van der Waals surface area (Å²) in [4.78, 5) is 19.3. The first-order valence-electron chi connectivity index (χ1n) is 17.8. The molecule has 0 aliphatic heterocycles. The van der Waals surface area contributed by atoms with Crippen LogP contribution in [0.3, 0.4) is 0 Å². The van der Waals surface area contributed by atoms with Gasteiger partial charge in [0, 0.05) is 25.2 Å². The maximum Gasteiger partial charge on any atom is 0.224 e. The molecule has 0 fully saturated rings. The van der Waals surface area contributed by atoms with Crippen molar-refractivity contribution in [1.82, 2.24) is 9.38 Å². The van der Waals surface area contributed by atoms with Crippen molar-refractivity contribution >= 4 is 17.1 Å². The first-order valence-corrected chi connectivity index (χ1v) is 17.8. The van der Waals surface area contributed by atoms with Crippen molar-refractivity contribution in [1.29, 1.82) is 0 Å². The van der Waals surface area contributed by atoms with Gasteiger partial charge < -0.3 is 14.0 Å². The Morgan fingerprint density at radius 1 is 0.804 bits per heavy atom. The lowest BCUT2D eigenvalue weighted by Crippen LogP contribution is -2.28. The van der Waals surface area contributed by atoms with Crippen LogP contribution in [-0.4, -0.2) is 21.9 Å². The second kappa shape index (κ2) is 17.9. The van der Waals surface area contributed by atoms with Crippen molar-refractivity contribution in [3.8, 4) is 5.75 Å². The molecule has 0 saturated heterocycles. The minimum Gasteiger partial charge on any atom is -0.493 e. The molecule has 1 amide bonds. The van der Waals surface area contributed by atoms with Crippen molar-refractivity contribution < 1.29 is 9.53 Å². The van der Waals surface area contributed by atoms with Crippen molar-refractivity contribution in [3.63, 3.8) is 0 Å². The molecule has 248 valence electrons. The fraction of sp³-hybridized carbons (Fsp3) is 0.512. The van der Waals surface area contributed by atoms with Crippen LogP contribution in [-0.2, 0) is 23.2 Å². The fourth-order valence-corrected chi connectivity index (χ4v) is 6.20. The summed E-state index contributed by atoms with van der Waals surface area (Å²) in [6.07, 6.45) is 20.7. The molecule has 0 radical (unpaired) electrons. The Bertz CT molecular complexity index is 1480. The first-order chi connectivity index (χ1) is 22.3. The van der Waals surface area contributed by atoms with Crippen LogP contribution in [0.15, 0.2) is 73.1 Å². The van der Waals surface area contributed by atoms with Crippen LogP contribution in [0.25, 0.3) is 5.52 Å². The highest BCUT2D eigenvalue weighted by Gasteiger charge is 2.21. The van der Waals surface area contributed by atoms with Gasteiger partial charge in [0.2, 0.25) is 5.91 Å². The van der Waals surface area contributed by atoms with E-state index in [1.54, 1.807) is 6.92 Å². The van der Waals surface area contributed by atoms with Crippen LogP contribution in [0, 0.1) is 0 Å². The van der Waals surface area contributed by atoms with Crippen molar-refractivity contribution in [2.75, 3.05) is 11.5 Å². The molecule has 0 N–H and O–H groups in total. The lowest BCUT2D eigenvalue weighted by atomic mass is 9.85. The summed E-state index contributed by atoms with van der Waals surface area (Å²) >= 11 is 0. The number of ether oxygens (including phenoxy) is 1. The molecule has 0 saturated carbocycles. The maximum absolute atomic E-state index is 12.8. The molecule has 0 unspecified atom stereocenters. The van der Waals surface area contributed by atoms with E-state index in [1.165, 1.54) is 76.2 Å². The first kappa shape index (κ1) is 35.3. The van der Waals surface area contributed by atoms with Crippen molar-refractivity contribution in [3.05, 3.63) is 95.6 Å². The molecule has 4 rings (SSSR count). The summed E-state index contributed by atoms with van der Waals surface area (Å²) in [5.41, 5.74) is 5.39. The molecular formula is C41H57N3O2. The summed E-state index contributed by atoms with van der Waals surface area (Å²) in [6.45, 7) is 11.8. The second-order valence-electron chi connectivity index (χ2n) is 13.9. The maximum atomic E-state index is 12.8. The number of carbonyl (C=O) groups is 1. The van der Waals surface area contributed by atoms with Crippen LogP contribution in [0.2, 0.25) is 0 Å².